The predicted octanol–water partition coefficient (Wildman–Crippen LogP) is 3.60. The molecule has 0 aliphatic carbocycles. The molecule has 1 unspecified atom stereocenters. The molecule has 0 spiro atoms. The number of imidazole rings is 1. The average Bonchev–Trinajstić information content (AvgIpc) is 3.11. The van der Waals surface area contributed by atoms with Gasteiger partial charge in [-0.3, -0.25) is 4.79 Å². The van der Waals surface area contributed by atoms with E-state index >= 15 is 0 Å². The first-order valence-electron chi connectivity index (χ1n) is 8.42. The number of carbonyl (C=O) groups excluding carboxylic acids is 1. The van der Waals surface area contributed by atoms with E-state index < -0.39 is 0 Å². The number of hydrogen-bond acceptors (Lipinski definition) is 4. The maximum absolute atomic E-state index is 13.0. The fraction of sp³-hybridized carbons (Fsp3) is 0.500. The van der Waals surface area contributed by atoms with Gasteiger partial charge >= 0.3 is 0 Å². The van der Waals surface area contributed by atoms with E-state index in [2.05, 4.69) is 28.4 Å². The molecule has 1 atom stereocenters. The molecule has 1 saturated heterocycles. The number of aromatic nitrogens is 3. The van der Waals surface area contributed by atoms with Crippen molar-refractivity contribution in [2.75, 3.05) is 19.3 Å². The molecule has 1 fully saturated rings. The van der Waals surface area contributed by atoms with Crippen molar-refractivity contribution in [3.63, 3.8) is 0 Å². The van der Waals surface area contributed by atoms with E-state index in [0.29, 0.717) is 17.5 Å². The minimum atomic E-state index is 0.0832. The highest BCUT2D eigenvalue weighted by atomic mass is 32.2. The van der Waals surface area contributed by atoms with Crippen LogP contribution in [0.25, 0.3) is 0 Å². The summed E-state index contributed by atoms with van der Waals surface area (Å²) in [6.07, 6.45) is 9.68. The largest absolute Gasteiger partial charge is 0.338 e. The van der Waals surface area contributed by atoms with Crippen LogP contribution in [0.15, 0.2) is 35.7 Å². The molecule has 6 heteroatoms. The second-order valence-electron chi connectivity index (χ2n) is 6.44. The minimum absolute atomic E-state index is 0.0832. The summed E-state index contributed by atoms with van der Waals surface area (Å²) in [5.41, 5.74) is 0.706. The van der Waals surface area contributed by atoms with Crippen molar-refractivity contribution in [3.05, 3.63) is 42.1 Å². The van der Waals surface area contributed by atoms with E-state index in [9.17, 15) is 4.79 Å². The number of piperidine rings is 1. The summed E-state index contributed by atoms with van der Waals surface area (Å²) in [7, 11) is 0. The number of carbonyl (C=O) groups is 1. The minimum Gasteiger partial charge on any atom is -0.338 e. The normalized spacial score (nSPS) is 18.2. The Labute approximate surface area is 147 Å². The Hall–Kier alpha value is -1.82. The molecule has 1 aliphatic rings. The van der Waals surface area contributed by atoms with Gasteiger partial charge in [0.2, 0.25) is 0 Å². The van der Waals surface area contributed by atoms with Gasteiger partial charge < -0.3 is 9.47 Å². The Bertz CT molecular complexity index is 713. The summed E-state index contributed by atoms with van der Waals surface area (Å²) < 4.78 is 2.22. The number of thioether (sulfide) groups is 1. The second-order valence-corrected chi connectivity index (χ2v) is 7.23. The number of pyridine rings is 1. The molecule has 0 aromatic carbocycles. The van der Waals surface area contributed by atoms with Gasteiger partial charge in [0.05, 0.1) is 5.56 Å². The lowest BCUT2D eigenvalue weighted by molar-refractivity contribution is 0.0698. The van der Waals surface area contributed by atoms with E-state index in [1.54, 1.807) is 6.20 Å². The number of likely N-dealkylation sites (tertiary alicyclic amines) is 1. The van der Waals surface area contributed by atoms with Gasteiger partial charge in [0.15, 0.2) is 0 Å². The molecule has 0 radical (unpaired) electrons. The lowest BCUT2D eigenvalue weighted by Crippen LogP contribution is -2.40. The van der Waals surface area contributed by atoms with Crippen LogP contribution in [0.4, 0.5) is 0 Å². The summed E-state index contributed by atoms with van der Waals surface area (Å²) in [4.78, 5) is 23.8. The summed E-state index contributed by atoms with van der Waals surface area (Å²) in [5.74, 6) is 1.48. The SMILES string of the molecule is CSc1ncccc1C(=O)N1CCCC(c2nccn2C(C)C)C1. The highest BCUT2D eigenvalue weighted by molar-refractivity contribution is 7.98. The maximum Gasteiger partial charge on any atom is 0.256 e. The molecule has 128 valence electrons. The lowest BCUT2D eigenvalue weighted by atomic mass is 9.96. The van der Waals surface area contributed by atoms with E-state index in [-0.39, 0.29) is 5.91 Å². The van der Waals surface area contributed by atoms with E-state index in [4.69, 9.17) is 0 Å². The third kappa shape index (κ3) is 3.34. The Morgan fingerprint density at radius 3 is 2.92 bits per heavy atom. The number of rotatable bonds is 4. The van der Waals surface area contributed by atoms with Crippen molar-refractivity contribution in [1.82, 2.24) is 19.4 Å². The molecular weight excluding hydrogens is 320 g/mol. The Morgan fingerprint density at radius 2 is 2.17 bits per heavy atom. The van der Waals surface area contributed by atoms with Crippen LogP contribution in [0.2, 0.25) is 0 Å². The van der Waals surface area contributed by atoms with Gasteiger partial charge in [-0.25, -0.2) is 9.97 Å². The van der Waals surface area contributed by atoms with Gasteiger partial charge in [-0.1, -0.05) is 0 Å². The Morgan fingerprint density at radius 1 is 1.33 bits per heavy atom. The summed E-state index contributed by atoms with van der Waals surface area (Å²) >= 11 is 1.52. The van der Waals surface area contributed by atoms with Crippen LogP contribution in [0.3, 0.4) is 0 Å². The van der Waals surface area contributed by atoms with E-state index in [1.165, 1.54) is 11.8 Å². The van der Waals surface area contributed by atoms with Crippen molar-refractivity contribution < 1.29 is 4.79 Å². The molecule has 0 bridgehead atoms. The van der Waals surface area contributed by atoms with Crippen molar-refractivity contribution in [2.45, 2.75) is 43.7 Å². The zero-order valence-corrected chi connectivity index (χ0v) is 15.3. The fourth-order valence-electron chi connectivity index (χ4n) is 3.34. The van der Waals surface area contributed by atoms with Gasteiger partial charge in [0, 0.05) is 43.6 Å². The molecule has 2 aromatic rings. The standard InChI is InChI=1S/C18H24N4OS/c1-13(2)22-11-9-19-16(22)14-6-5-10-21(12-14)18(23)15-7-4-8-20-17(15)24-3/h4,7-9,11,13-14H,5-6,10,12H2,1-3H3. The molecule has 1 aliphatic heterocycles. The molecule has 1 amide bonds. The predicted molar refractivity (Wildman–Crippen MR) is 96.5 cm³/mol. The first-order valence-corrected chi connectivity index (χ1v) is 9.65. The zero-order chi connectivity index (χ0) is 17.1. The smallest absolute Gasteiger partial charge is 0.256 e. The first-order chi connectivity index (χ1) is 11.6. The van der Waals surface area contributed by atoms with Gasteiger partial charge in [-0.2, -0.15) is 0 Å². The van der Waals surface area contributed by atoms with E-state index in [1.807, 2.05) is 35.7 Å². The van der Waals surface area contributed by atoms with E-state index in [0.717, 1.165) is 36.8 Å². The second kappa shape index (κ2) is 7.38. The van der Waals surface area contributed by atoms with Crippen LogP contribution in [0.1, 0.15) is 54.8 Å². The van der Waals surface area contributed by atoms with Gasteiger partial charge in [-0.15, -0.1) is 11.8 Å². The first kappa shape index (κ1) is 17.0. The summed E-state index contributed by atoms with van der Waals surface area (Å²) in [5, 5.41) is 0.799. The third-order valence-electron chi connectivity index (χ3n) is 4.52. The molecule has 0 saturated carbocycles. The van der Waals surface area contributed by atoms with Crippen LogP contribution in [-0.4, -0.2) is 44.7 Å². The Balaban J connectivity index is 1.80. The van der Waals surface area contributed by atoms with Gasteiger partial charge in [-0.05, 0) is 45.1 Å². The van der Waals surface area contributed by atoms with Gasteiger partial charge in [0.1, 0.15) is 10.9 Å². The van der Waals surface area contributed by atoms with Gasteiger partial charge in [0.25, 0.3) is 5.91 Å². The van der Waals surface area contributed by atoms with Crippen LogP contribution in [-0.2, 0) is 0 Å². The van der Waals surface area contributed by atoms with Crippen molar-refractivity contribution in [1.29, 1.82) is 0 Å². The number of hydrogen-bond donors (Lipinski definition) is 0. The third-order valence-corrected chi connectivity index (χ3v) is 5.24. The van der Waals surface area contributed by atoms with Crippen LogP contribution in [0.5, 0.6) is 0 Å². The number of nitrogens with zero attached hydrogens (tertiary/aromatic N) is 4. The molecular formula is C18H24N4OS. The van der Waals surface area contributed by atoms with Crippen LogP contribution in [0, 0.1) is 0 Å². The molecule has 3 heterocycles. The van der Waals surface area contributed by atoms with Crippen LogP contribution < -0.4 is 0 Å². The van der Waals surface area contributed by atoms with Crippen molar-refractivity contribution in [2.24, 2.45) is 0 Å². The maximum atomic E-state index is 13.0. The van der Waals surface area contributed by atoms with Crippen LogP contribution >= 0.6 is 11.8 Å². The molecule has 0 N–H and O–H groups in total. The number of amides is 1. The summed E-state index contributed by atoms with van der Waals surface area (Å²) in [6.45, 7) is 5.86. The quantitative estimate of drug-likeness (QED) is 0.795. The molecule has 24 heavy (non-hydrogen) atoms. The topological polar surface area (TPSA) is 51.0 Å². The highest BCUT2D eigenvalue weighted by Gasteiger charge is 2.29. The highest BCUT2D eigenvalue weighted by Crippen LogP contribution is 2.29. The molecule has 5 nitrogen and oxygen atoms in total. The fourth-order valence-corrected chi connectivity index (χ4v) is 3.88. The zero-order valence-electron chi connectivity index (χ0n) is 14.5. The monoisotopic (exact) mass is 344 g/mol. The molecule has 2 aromatic heterocycles. The molecule has 3 rings (SSSR count). The summed E-state index contributed by atoms with van der Waals surface area (Å²) in [6, 6.07) is 4.09. The van der Waals surface area contributed by atoms with Crippen molar-refractivity contribution >= 4 is 17.7 Å². The lowest BCUT2D eigenvalue weighted by Gasteiger charge is -2.33. The average molecular weight is 344 g/mol. The van der Waals surface area contributed by atoms with Crippen molar-refractivity contribution in [3.8, 4) is 0 Å². The Kier molecular flexibility index (Phi) is 5.23.